The number of rotatable bonds is 7. The van der Waals surface area contributed by atoms with E-state index >= 15 is 0 Å². The van der Waals surface area contributed by atoms with Crippen molar-refractivity contribution in [3.8, 4) is 23.8 Å². The Morgan fingerprint density at radius 3 is 2.83 bits per heavy atom. The second-order valence-corrected chi connectivity index (χ2v) is 4.36. The van der Waals surface area contributed by atoms with Crippen LogP contribution in [0.3, 0.4) is 0 Å². The minimum absolute atomic E-state index is 0.264. The van der Waals surface area contributed by atoms with Gasteiger partial charge in [-0.1, -0.05) is 12.0 Å². The largest absolute Gasteiger partial charge is 0.490 e. The van der Waals surface area contributed by atoms with Crippen LogP contribution in [-0.4, -0.2) is 19.3 Å². The molecule has 0 amide bonds. The monoisotopic (exact) mass is 245 g/mol. The van der Waals surface area contributed by atoms with Crippen molar-refractivity contribution in [3.05, 3.63) is 23.8 Å². The van der Waals surface area contributed by atoms with E-state index in [1.54, 1.807) is 0 Å². The molecule has 0 heterocycles. The molecule has 18 heavy (non-hydrogen) atoms. The molecule has 0 atom stereocenters. The second kappa shape index (κ2) is 6.32. The highest BCUT2D eigenvalue weighted by atomic mass is 16.5. The van der Waals surface area contributed by atoms with Crippen LogP contribution < -0.4 is 14.8 Å². The normalized spacial score (nSPS) is 14.0. The lowest BCUT2D eigenvalue weighted by Gasteiger charge is -2.12. The van der Waals surface area contributed by atoms with E-state index < -0.39 is 0 Å². The summed E-state index contributed by atoms with van der Waals surface area (Å²) < 4.78 is 11.0. The molecule has 1 aliphatic carbocycles. The second-order valence-electron chi connectivity index (χ2n) is 4.36. The van der Waals surface area contributed by atoms with Crippen molar-refractivity contribution in [1.82, 2.24) is 5.32 Å². The van der Waals surface area contributed by atoms with Crippen LogP contribution >= 0.6 is 0 Å². The van der Waals surface area contributed by atoms with Crippen LogP contribution in [0.2, 0.25) is 0 Å². The number of terminal acetylenes is 1. The van der Waals surface area contributed by atoms with Crippen molar-refractivity contribution in [2.45, 2.75) is 32.4 Å². The Morgan fingerprint density at radius 2 is 2.17 bits per heavy atom. The van der Waals surface area contributed by atoms with Gasteiger partial charge in [-0.05, 0) is 37.5 Å². The van der Waals surface area contributed by atoms with Gasteiger partial charge in [0, 0.05) is 12.6 Å². The van der Waals surface area contributed by atoms with Crippen molar-refractivity contribution in [2.75, 3.05) is 13.2 Å². The van der Waals surface area contributed by atoms with Crippen LogP contribution in [-0.2, 0) is 6.54 Å². The summed E-state index contributed by atoms with van der Waals surface area (Å²) in [6.45, 7) is 3.71. The molecular formula is C15H19NO2. The zero-order valence-electron chi connectivity index (χ0n) is 10.7. The first kappa shape index (κ1) is 12.8. The molecule has 0 aliphatic heterocycles. The molecule has 1 aliphatic rings. The third kappa shape index (κ3) is 3.68. The first-order valence-corrected chi connectivity index (χ1v) is 6.39. The van der Waals surface area contributed by atoms with Crippen LogP contribution in [0, 0.1) is 12.3 Å². The molecule has 0 spiro atoms. The van der Waals surface area contributed by atoms with E-state index in [4.69, 9.17) is 15.9 Å². The summed E-state index contributed by atoms with van der Waals surface area (Å²) in [6, 6.07) is 6.69. The Labute approximate surface area is 108 Å². The Balaban J connectivity index is 2.03. The molecule has 1 aromatic rings. The SMILES string of the molecule is C#CCOc1ccc(CNC2CC2)cc1OCC. The first-order chi connectivity index (χ1) is 8.83. The maximum absolute atomic E-state index is 5.58. The van der Waals surface area contributed by atoms with Gasteiger partial charge in [-0.25, -0.2) is 0 Å². The van der Waals surface area contributed by atoms with Crippen molar-refractivity contribution in [1.29, 1.82) is 0 Å². The summed E-state index contributed by atoms with van der Waals surface area (Å²) in [5.41, 5.74) is 1.21. The van der Waals surface area contributed by atoms with E-state index in [0.29, 0.717) is 18.4 Å². The van der Waals surface area contributed by atoms with Crippen LogP contribution in [0.25, 0.3) is 0 Å². The maximum Gasteiger partial charge on any atom is 0.162 e. The first-order valence-electron chi connectivity index (χ1n) is 6.39. The van der Waals surface area contributed by atoms with E-state index in [9.17, 15) is 0 Å². The molecule has 3 nitrogen and oxygen atoms in total. The standard InChI is InChI=1S/C15H19NO2/c1-3-9-18-14-8-5-12(10-15(14)17-4-2)11-16-13-6-7-13/h1,5,8,10,13,16H,4,6-7,9,11H2,2H3. The third-order valence-electron chi connectivity index (χ3n) is 2.79. The summed E-state index contributed by atoms with van der Waals surface area (Å²) >= 11 is 0. The van der Waals surface area contributed by atoms with E-state index in [1.807, 2.05) is 25.1 Å². The number of hydrogen-bond donors (Lipinski definition) is 1. The van der Waals surface area contributed by atoms with Crippen LogP contribution in [0.1, 0.15) is 25.3 Å². The van der Waals surface area contributed by atoms with Gasteiger partial charge >= 0.3 is 0 Å². The summed E-state index contributed by atoms with van der Waals surface area (Å²) in [5.74, 6) is 3.94. The van der Waals surface area contributed by atoms with Gasteiger partial charge in [-0.2, -0.15) is 0 Å². The summed E-state index contributed by atoms with van der Waals surface area (Å²) in [7, 11) is 0. The Bertz CT molecular complexity index is 433. The predicted molar refractivity (Wildman–Crippen MR) is 71.8 cm³/mol. The van der Waals surface area contributed by atoms with E-state index in [1.165, 1.54) is 18.4 Å². The zero-order chi connectivity index (χ0) is 12.8. The molecule has 1 aromatic carbocycles. The average molecular weight is 245 g/mol. The molecule has 2 rings (SSSR count). The van der Waals surface area contributed by atoms with Crippen LogP contribution in [0.4, 0.5) is 0 Å². The number of hydrogen-bond acceptors (Lipinski definition) is 3. The predicted octanol–water partition coefficient (Wildman–Crippen LogP) is 2.35. The molecule has 96 valence electrons. The zero-order valence-corrected chi connectivity index (χ0v) is 10.7. The van der Waals surface area contributed by atoms with Crippen LogP contribution in [0.5, 0.6) is 11.5 Å². The quantitative estimate of drug-likeness (QED) is 0.748. The smallest absolute Gasteiger partial charge is 0.162 e. The summed E-state index contributed by atoms with van der Waals surface area (Å²) in [5, 5.41) is 3.48. The van der Waals surface area contributed by atoms with E-state index in [-0.39, 0.29) is 6.61 Å². The molecule has 1 fully saturated rings. The van der Waals surface area contributed by atoms with Crippen molar-refractivity contribution < 1.29 is 9.47 Å². The lowest BCUT2D eigenvalue weighted by Crippen LogP contribution is -2.15. The summed E-state index contributed by atoms with van der Waals surface area (Å²) in [6.07, 6.45) is 7.78. The number of ether oxygens (including phenoxy) is 2. The molecular weight excluding hydrogens is 226 g/mol. The molecule has 1 N–H and O–H groups in total. The maximum atomic E-state index is 5.58. The fourth-order valence-electron chi connectivity index (χ4n) is 1.72. The van der Waals surface area contributed by atoms with Crippen molar-refractivity contribution in [2.24, 2.45) is 0 Å². The molecule has 0 unspecified atom stereocenters. The Kier molecular flexibility index (Phi) is 4.49. The van der Waals surface area contributed by atoms with Gasteiger partial charge < -0.3 is 14.8 Å². The number of benzene rings is 1. The van der Waals surface area contributed by atoms with E-state index in [2.05, 4.69) is 11.2 Å². The van der Waals surface area contributed by atoms with Gasteiger partial charge in [0.05, 0.1) is 6.61 Å². The molecule has 0 saturated heterocycles. The fraction of sp³-hybridized carbons (Fsp3) is 0.467. The Hall–Kier alpha value is -1.66. The van der Waals surface area contributed by atoms with Gasteiger partial charge in [-0.15, -0.1) is 6.42 Å². The van der Waals surface area contributed by atoms with Crippen molar-refractivity contribution in [3.63, 3.8) is 0 Å². The van der Waals surface area contributed by atoms with E-state index in [0.717, 1.165) is 12.3 Å². The van der Waals surface area contributed by atoms with Crippen LogP contribution in [0.15, 0.2) is 18.2 Å². The topological polar surface area (TPSA) is 30.5 Å². The third-order valence-corrected chi connectivity index (χ3v) is 2.79. The minimum atomic E-state index is 0.264. The van der Waals surface area contributed by atoms with Gasteiger partial charge in [0.1, 0.15) is 6.61 Å². The molecule has 1 saturated carbocycles. The van der Waals surface area contributed by atoms with Crippen molar-refractivity contribution >= 4 is 0 Å². The molecule has 0 aromatic heterocycles. The number of nitrogens with one attached hydrogen (secondary N) is 1. The Morgan fingerprint density at radius 1 is 1.33 bits per heavy atom. The molecule has 0 bridgehead atoms. The highest BCUT2D eigenvalue weighted by Crippen LogP contribution is 2.29. The highest BCUT2D eigenvalue weighted by Gasteiger charge is 2.20. The average Bonchev–Trinajstić information content (AvgIpc) is 3.20. The van der Waals surface area contributed by atoms with Gasteiger partial charge in [0.2, 0.25) is 0 Å². The lowest BCUT2D eigenvalue weighted by atomic mass is 10.2. The minimum Gasteiger partial charge on any atom is -0.490 e. The van der Waals surface area contributed by atoms with Gasteiger partial charge in [0.15, 0.2) is 11.5 Å². The molecule has 3 heteroatoms. The fourth-order valence-corrected chi connectivity index (χ4v) is 1.72. The van der Waals surface area contributed by atoms with Gasteiger partial charge in [-0.3, -0.25) is 0 Å². The molecule has 0 radical (unpaired) electrons. The highest BCUT2D eigenvalue weighted by molar-refractivity contribution is 5.43. The lowest BCUT2D eigenvalue weighted by molar-refractivity contribution is 0.299. The summed E-state index contributed by atoms with van der Waals surface area (Å²) in [4.78, 5) is 0. The van der Waals surface area contributed by atoms with Gasteiger partial charge in [0.25, 0.3) is 0 Å².